The molecule has 0 spiro atoms. The highest BCUT2D eigenvalue weighted by atomic mass is 32.2. The third-order valence-corrected chi connectivity index (χ3v) is 5.58. The van der Waals surface area contributed by atoms with Gasteiger partial charge in [-0.2, -0.15) is 4.31 Å². The standard InChI is InChI=1S/C13H19FN2O3S/c1-2-15-5-7-16(8-6-15)20(18,19)13-9-12(14)4-3-11(13)10-17/h3-4,9,17H,2,5-8,10H2,1H3. The van der Waals surface area contributed by atoms with Gasteiger partial charge in [-0.05, 0) is 24.2 Å². The third-order valence-electron chi connectivity index (χ3n) is 3.60. The van der Waals surface area contributed by atoms with Crippen LogP contribution >= 0.6 is 0 Å². The predicted molar refractivity (Wildman–Crippen MR) is 73.2 cm³/mol. The van der Waals surface area contributed by atoms with Crippen molar-refractivity contribution in [3.05, 3.63) is 29.6 Å². The minimum atomic E-state index is -3.75. The molecule has 0 aromatic heterocycles. The molecule has 1 fully saturated rings. The van der Waals surface area contributed by atoms with Crippen molar-refractivity contribution >= 4 is 10.0 Å². The number of aliphatic hydroxyl groups excluding tert-OH is 1. The third kappa shape index (κ3) is 3.01. The molecule has 1 heterocycles. The maximum atomic E-state index is 13.3. The molecule has 0 bridgehead atoms. The molecule has 1 aromatic carbocycles. The first-order valence-corrected chi connectivity index (χ1v) is 8.05. The fourth-order valence-electron chi connectivity index (χ4n) is 2.32. The van der Waals surface area contributed by atoms with Crippen molar-refractivity contribution in [1.29, 1.82) is 0 Å². The number of benzene rings is 1. The predicted octanol–water partition coefficient (Wildman–Crippen LogP) is 0.644. The van der Waals surface area contributed by atoms with Crippen LogP contribution in [0.5, 0.6) is 0 Å². The maximum Gasteiger partial charge on any atom is 0.243 e. The zero-order valence-corrected chi connectivity index (χ0v) is 12.2. The van der Waals surface area contributed by atoms with Crippen molar-refractivity contribution in [2.24, 2.45) is 0 Å². The van der Waals surface area contributed by atoms with Crippen LogP contribution in [-0.4, -0.2) is 55.5 Å². The average Bonchev–Trinajstić information content (AvgIpc) is 2.47. The number of piperazine rings is 1. The summed E-state index contributed by atoms with van der Waals surface area (Å²) in [6.45, 7) is 4.59. The van der Waals surface area contributed by atoms with Gasteiger partial charge < -0.3 is 10.0 Å². The number of nitrogens with zero attached hydrogens (tertiary/aromatic N) is 2. The lowest BCUT2D eigenvalue weighted by molar-refractivity contribution is 0.196. The minimum Gasteiger partial charge on any atom is -0.392 e. The summed E-state index contributed by atoms with van der Waals surface area (Å²) in [5, 5.41) is 9.24. The molecule has 0 saturated carbocycles. The van der Waals surface area contributed by atoms with E-state index in [0.29, 0.717) is 26.2 Å². The molecule has 5 nitrogen and oxygen atoms in total. The molecule has 1 aliphatic heterocycles. The van der Waals surface area contributed by atoms with Crippen LogP contribution in [0.1, 0.15) is 12.5 Å². The minimum absolute atomic E-state index is 0.134. The molecular weight excluding hydrogens is 283 g/mol. The van der Waals surface area contributed by atoms with Crippen LogP contribution < -0.4 is 0 Å². The summed E-state index contributed by atoms with van der Waals surface area (Å²) in [6.07, 6.45) is 0. The van der Waals surface area contributed by atoms with Crippen molar-refractivity contribution in [3.8, 4) is 0 Å². The van der Waals surface area contributed by atoms with Crippen LogP contribution in [0.3, 0.4) is 0 Å². The molecule has 112 valence electrons. The van der Waals surface area contributed by atoms with Crippen LogP contribution in [0.25, 0.3) is 0 Å². The summed E-state index contributed by atoms with van der Waals surface area (Å²) in [6, 6.07) is 3.44. The fourth-order valence-corrected chi connectivity index (χ4v) is 3.97. The fraction of sp³-hybridized carbons (Fsp3) is 0.538. The second-order valence-electron chi connectivity index (χ2n) is 4.75. The van der Waals surface area contributed by atoms with Gasteiger partial charge >= 0.3 is 0 Å². The van der Waals surface area contributed by atoms with E-state index in [1.165, 1.54) is 10.4 Å². The topological polar surface area (TPSA) is 60.9 Å². The van der Waals surface area contributed by atoms with Gasteiger partial charge in [0.1, 0.15) is 5.82 Å². The Labute approximate surface area is 118 Å². The Morgan fingerprint density at radius 3 is 2.45 bits per heavy atom. The first-order chi connectivity index (χ1) is 9.48. The summed E-state index contributed by atoms with van der Waals surface area (Å²) >= 11 is 0. The van der Waals surface area contributed by atoms with Crippen LogP contribution in [0.2, 0.25) is 0 Å². The lowest BCUT2D eigenvalue weighted by atomic mass is 10.2. The monoisotopic (exact) mass is 302 g/mol. The van der Waals surface area contributed by atoms with E-state index < -0.39 is 22.4 Å². The van der Waals surface area contributed by atoms with Crippen molar-refractivity contribution in [2.75, 3.05) is 32.7 Å². The summed E-state index contributed by atoms with van der Waals surface area (Å²) in [7, 11) is -3.75. The van der Waals surface area contributed by atoms with Crippen molar-refractivity contribution in [2.45, 2.75) is 18.4 Å². The average molecular weight is 302 g/mol. The number of sulfonamides is 1. The Hall–Kier alpha value is -1.02. The number of rotatable bonds is 4. The Kier molecular flexibility index (Phi) is 4.74. The Bertz CT molecular complexity index is 569. The highest BCUT2D eigenvalue weighted by molar-refractivity contribution is 7.89. The SMILES string of the molecule is CCN1CCN(S(=O)(=O)c2cc(F)ccc2CO)CC1. The van der Waals surface area contributed by atoms with E-state index in [1.807, 2.05) is 6.92 Å². The van der Waals surface area contributed by atoms with E-state index in [-0.39, 0.29) is 10.5 Å². The van der Waals surface area contributed by atoms with E-state index in [2.05, 4.69) is 4.90 Å². The van der Waals surface area contributed by atoms with Gasteiger partial charge in [-0.3, -0.25) is 0 Å². The molecule has 7 heteroatoms. The summed E-state index contributed by atoms with van der Waals surface area (Å²) < 4.78 is 39.8. The molecular formula is C13H19FN2O3S. The first kappa shape index (κ1) is 15.4. The summed E-state index contributed by atoms with van der Waals surface area (Å²) in [5.41, 5.74) is 0.226. The van der Waals surface area contributed by atoms with Crippen LogP contribution in [0.4, 0.5) is 4.39 Å². The van der Waals surface area contributed by atoms with E-state index >= 15 is 0 Å². The summed E-state index contributed by atoms with van der Waals surface area (Å²) in [5.74, 6) is -0.618. The molecule has 1 aliphatic rings. The number of hydrogen-bond donors (Lipinski definition) is 1. The van der Waals surface area contributed by atoms with E-state index in [4.69, 9.17) is 0 Å². The molecule has 0 unspecified atom stereocenters. The highest BCUT2D eigenvalue weighted by Gasteiger charge is 2.30. The molecule has 2 rings (SSSR count). The first-order valence-electron chi connectivity index (χ1n) is 6.61. The van der Waals surface area contributed by atoms with Crippen molar-refractivity contribution in [3.63, 3.8) is 0 Å². The van der Waals surface area contributed by atoms with E-state index in [1.54, 1.807) is 0 Å². The maximum absolute atomic E-state index is 13.3. The normalized spacial score (nSPS) is 18.4. The van der Waals surface area contributed by atoms with Crippen LogP contribution in [0.15, 0.2) is 23.1 Å². The molecule has 20 heavy (non-hydrogen) atoms. The molecule has 1 aromatic rings. The van der Waals surface area contributed by atoms with Crippen molar-refractivity contribution < 1.29 is 17.9 Å². The molecule has 1 N–H and O–H groups in total. The molecule has 0 amide bonds. The van der Waals surface area contributed by atoms with Gasteiger partial charge in [-0.1, -0.05) is 13.0 Å². The van der Waals surface area contributed by atoms with Gasteiger partial charge in [0.15, 0.2) is 0 Å². The number of halogens is 1. The molecule has 1 saturated heterocycles. The second-order valence-corrected chi connectivity index (χ2v) is 6.65. The largest absolute Gasteiger partial charge is 0.392 e. The zero-order chi connectivity index (χ0) is 14.8. The van der Waals surface area contributed by atoms with E-state index in [9.17, 15) is 17.9 Å². The van der Waals surface area contributed by atoms with Crippen molar-refractivity contribution in [1.82, 2.24) is 9.21 Å². The van der Waals surface area contributed by atoms with Gasteiger partial charge in [-0.25, -0.2) is 12.8 Å². The zero-order valence-electron chi connectivity index (χ0n) is 11.4. The molecule has 0 atom stereocenters. The molecule has 0 aliphatic carbocycles. The number of likely N-dealkylation sites (N-methyl/N-ethyl adjacent to an activating group) is 1. The van der Waals surface area contributed by atoms with Crippen LogP contribution in [-0.2, 0) is 16.6 Å². The Morgan fingerprint density at radius 1 is 1.25 bits per heavy atom. The Morgan fingerprint density at radius 2 is 1.90 bits per heavy atom. The second kappa shape index (κ2) is 6.17. The highest BCUT2D eigenvalue weighted by Crippen LogP contribution is 2.22. The van der Waals surface area contributed by atoms with Gasteiger partial charge in [-0.15, -0.1) is 0 Å². The lowest BCUT2D eigenvalue weighted by Crippen LogP contribution is -2.48. The summed E-state index contributed by atoms with van der Waals surface area (Å²) in [4.78, 5) is 2.02. The Balaban J connectivity index is 2.29. The van der Waals surface area contributed by atoms with Gasteiger partial charge in [0.2, 0.25) is 10.0 Å². The number of hydrogen-bond acceptors (Lipinski definition) is 4. The van der Waals surface area contributed by atoms with Gasteiger partial charge in [0, 0.05) is 26.2 Å². The van der Waals surface area contributed by atoms with Gasteiger partial charge in [0.25, 0.3) is 0 Å². The van der Waals surface area contributed by atoms with Gasteiger partial charge in [0.05, 0.1) is 11.5 Å². The molecule has 0 radical (unpaired) electrons. The smallest absolute Gasteiger partial charge is 0.243 e. The van der Waals surface area contributed by atoms with E-state index in [0.717, 1.165) is 18.7 Å². The number of aliphatic hydroxyl groups is 1. The quantitative estimate of drug-likeness (QED) is 0.887. The van der Waals surface area contributed by atoms with Crippen LogP contribution in [0, 0.1) is 5.82 Å². The lowest BCUT2D eigenvalue weighted by Gasteiger charge is -2.33.